The first kappa shape index (κ1) is 14.6. The highest BCUT2D eigenvalue weighted by molar-refractivity contribution is 7.98. The van der Waals surface area contributed by atoms with E-state index in [0.29, 0.717) is 11.8 Å². The third kappa shape index (κ3) is 3.41. The highest BCUT2D eigenvalue weighted by Crippen LogP contribution is 2.28. The predicted molar refractivity (Wildman–Crippen MR) is 69.8 cm³/mol. The van der Waals surface area contributed by atoms with Gasteiger partial charge >= 0.3 is 6.18 Å². The Balaban J connectivity index is 2.09. The molecule has 0 amide bonds. The Labute approximate surface area is 117 Å². The van der Waals surface area contributed by atoms with Crippen LogP contribution in [-0.2, 0) is 12.7 Å². The molecule has 2 rings (SSSR count). The number of nitrogens with zero attached hydrogens (tertiary/aromatic N) is 2. The summed E-state index contributed by atoms with van der Waals surface area (Å²) in [6.45, 7) is -0.214. The number of alkyl halides is 3. The van der Waals surface area contributed by atoms with Gasteiger partial charge in [-0.15, -0.1) is 11.8 Å². The molecule has 0 unspecified atom stereocenters. The van der Waals surface area contributed by atoms with Gasteiger partial charge in [-0.1, -0.05) is 12.1 Å². The molecule has 3 nitrogen and oxygen atoms in total. The van der Waals surface area contributed by atoms with E-state index < -0.39 is 11.7 Å². The molecular formula is C13H11F3N2OS. The van der Waals surface area contributed by atoms with Crippen LogP contribution in [0.3, 0.4) is 0 Å². The molecule has 0 saturated heterocycles. The number of aromatic nitrogens is 2. The van der Waals surface area contributed by atoms with Crippen molar-refractivity contribution in [3.63, 3.8) is 0 Å². The van der Waals surface area contributed by atoms with E-state index in [4.69, 9.17) is 0 Å². The minimum Gasteiger partial charge on any atom is -0.292 e. The number of carbonyl (C=O) groups is 1. The average Bonchev–Trinajstić information content (AvgIpc) is 2.87. The zero-order valence-electron chi connectivity index (χ0n) is 10.5. The Morgan fingerprint density at radius 2 is 1.95 bits per heavy atom. The molecule has 0 aliphatic heterocycles. The summed E-state index contributed by atoms with van der Waals surface area (Å²) in [6.07, 6.45) is -0.987. The molecule has 0 spiro atoms. The number of thioether (sulfide) groups is 1. The minimum atomic E-state index is -4.44. The molecule has 1 aromatic heterocycles. The van der Waals surface area contributed by atoms with Crippen LogP contribution >= 0.6 is 11.8 Å². The molecule has 0 saturated carbocycles. The molecule has 0 aliphatic carbocycles. The Kier molecular flexibility index (Phi) is 4.17. The van der Waals surface area contributed by atoms with Crippen LogP contribution in [0.25, 0.3) is 0 Å². The van der Waals surface area contributed by atoms with Crippen LogP contribution < -0.4 is 0 Å². The van der Waals surface area contributed by atoms with E-state index in [1.165, 1.54) is 0 Å². The number of benzene rings is 1. The van der Waals surface area contributed by atoms with Crippen LogP contribution in [0.15, 0.2) is 41.6 Å². The van der Waals surface area contributed by atoms with Gasteiger partial charge in [0.1, 0.15) is 6.54 Å². The monoisotopic (exact) mass is 300 g/mol. The molecule has 106 valence electrons. The van der Waals surface area contributed by atoms with Crippen molar-refractivity contribution < 1.29 is 18.0 Å². The van der Waals surface area contributed by atoms with Crippen molar-refractivity contribution in [1.29, 1.82) is 0 Å². The van der Waals surface area contributed by atoms with Gasteiger partial charge in [0.05, 0.1) is 11.8 Å². The smallest absolute Gasteiger partial charge is 0.292 e. The second kappa shape index (κ2) is 5.70. The van der Waals surface area contributed by atoms with Crippen LogP contribution in [0.1, 0.15) is 15.9 Å². The topological polar surface area (TPSA) is 34.9 Å². The van der Waals surface area contributed by atoms with E-state index in [-0.39, 0.29) is 12.3 Å². The Morgan fingerprint density at radius 3 is 2.45 bits per heavy atom. The first-order valence-corrected chi connectivity index (χ1v) is 6.89. The summed E-state index contributed by atoms with van der Waals surface area (Å²) in [5.41, 5.74) is -0.408. The van der Waals surface area contributed by atoms with E-state index in [0.717, 1.165) is 15.8 Å². The third-order valence-corrected chi connectivity index (χ3v) is 3.42. The summed E-state index contributed by atoms with van der Waals surface area (Å²) >= 11 is 1.55. The van der Waals surface area contributed by atoms with E-state index in [9.17, 15) is 18.0 Å². The molecule has 20 heavy (non-hydrogen) atoms. The van der Waals surface area contributed by atoms with Crippen LogP contribution in [-0.4, -0.2) is 21.8 Å². The molecule has 0 fully saturated rings. The molecule has 0 N–H and O–H groups in total. The summed E-state index contributed by atoms with van der Waals surface area (Å²) in [6, 6.07) is 6.90. The van der Waals surface area contributed by atoms with Gasteiger partial charge in [0.25, 0.3) is 0 Å². The first-order chi connectivity index (χ1) is 9.40. The number of halogens is 3. The lowest BCUT2D eigenvalue weighted by molar-refractivity contribution is -0.137. The van der Waals surface area contributed by atoms with Crippen molar-refractivity contribution in [2.45, 2.75) is 17.6 Å². The van der Waals surface area contributed by atoms with Crippen molar-refractivity contribution in [1.82, 2.24) is 9.78 Å². The maximum absolute atomic E-state index is 12.4. The lowest BCUT2D eigenvalue weighted by Crippen LogP contribution is -2.11. The summed E-state index contributed by atoms with van der Waals surface area (Å²) in [5, 5.41) is 3.55. The van der Waals surface area contributed by atoms with Gasteiger partial charge in [-0.3, -0.25) is 9.48 Å². The SMILES string of the molecule is CSc1ccc(C(=O)Cn2cc(C(F)(F)F)cn2)cc1. The fraction of sp³-hybridized carbons (Fsp3) is 0.231. The summed E-state index contributed by atoms with van der Waals surface area (Å²) in [4.78, 5) is 12.9. The Morgan fingerprint density at radius 1 is 1.30 bits per heavy atom. The largest absolute Gasteiger partial charge is 0.419 e. The second-order valence-electron chi connectivity index (χ2n) is 4.08. The van der Waals surface area contributed by atoms with Gasteiger partial charge in [0, 0.05) is 16.7 Å². The molecule has 0 atom stereocenters. The molecular weight excluding hydrogens is 289 g/mol. The van der Waals surface area contributed by atoms with Crippen molar-refractivity contribution in [2.24, 2.45) is 0 Å². The minimum absolute atomic E-state index is 0.214. The third-order valence-electron chi connectivity index (χ3n) is 2.68. The zero-order valence-corrected chi connectivity index (χ0v) is 11.3. The van der Waals surface area contributed by atoms with E-state index in [1.54, 1.807) is 36.0 Å². The Bertz CT molecular complexity index is 605. The number of rotatable bonds is 4. The molecule has 7 heteroatoms. The summed E-state index contributed by atoms with van der Waals surface area (Å²) < 4.78 is 38.2. The van der Waals surface area contributed by atoms with Crippen LogP contribution in [0.5, 0.6) is 0 Å². The lowest BCUT2D eigenvalue weighted by Gasteiger charge is -2.03. The molecule has 1 aromatic carbocycles. The van der Waals surface area contributed by atoms with Gasteiger partial charge in [-0.25, -0.2) is 0 Å². The fourth-order valence-electron chi connectivity index (χ4n) is 1.61. The zero-order chi connectivity index (χ0) is 14.8. The maximum atomic E-state index is 12.4. The highest BCUT2D eigenvalue weighted by Gasteiger charge is 2.32. The number of hydrogen-bond donors (Lipinski definition) is 0. The van der Waals surface area contributed by atoms with Crippen molar-refractivity contribution in [3.8, 4) is 0 Å². The van der Waals surface area contributed by atoms with E-state index in [2.05, 4.69) is 5.10 Å². The van der Waals surface area contributed by atoms with Crippen LogP contribution in [0, 0.1) is 0 Å². The lowest BCUT2D eigenvalue weighted by atomic mass is 10.1. The van der Waals surface area contributed by atoms with Crippen LogP contribution in [0.2, 0.25) is 0 Å². The predicted octanol–water partition coefficient (Wildman–Crippen LogP) is 3.51. The molecule has 0 bridgehead atoms. The summed E-state index contributed by atoms with van der Waals surface area (Å²) in [7, 11) is 0. The highest BCUT2D eigenvalue weighted by atomic mass is 32.2. The maximum Gasteiger partial charge on any atom is 0.419 e. The standard InChI is InChI=1S/C13H11F3N2OS/c1-20-11-4-2-9(3-5-11)12(19)8-18-7-10(6-17-18)13(14,15)16/h2-7H,8H2,1H3. The summed E-state index contributed by atoms with van der Waals surface area (Å²) in [5.74, 6) is -0.283. The molecule has 2 aromatic rings. The van der Waals surface area contributed by atoms with E-state index >= 15 is 0 Å². The first-order valence-electron chi connectivity index (χ1n) is 5.67. The van der Waals surface area contributed by atoms with Gasteiger partial charge in [-0.05, 0) is 18.4 Å². The van der Waals surface area contributed by atoms with Gasteiger partial charge in [0.15, 0.2) is 5.78 Å². The number of Topliss-reactive ketones (excluding diaryl/α,β-unsaturated/α-hetero) is 1. The van der Waals surface area contributed by atoms with Crippen molar-refractivity contribution in [3.05, 3.63) is 47.8 Å². The van der Waals surface area contributed by atoms with Gasteiger partial charge < -0.3 is 0 Å². The number of carbonyl (C=O) groups excluding carboxylic acids is 1. The number of ketones is 1. The van der Waals surface area contributed by atoms with Crippen molar-refractivity contribution >= 4 is 17.5 Å². The van der Waals surface area contributed by atoms with Gasteiger partial charge in [0.2, 0.25) is 0 Å². The second-order valence-corrected chi connectivity index (χ2v) is 4.96. The molecule has 1 heterocycles. The average molecular weight is 300 g/mol. The molecule has 0 aliphatic rings. The quantitative estimate of drug-likeness (QED) is 0.640. The van der Waals surface area contributed by atoms with E-state index in [1.807, 2.05) is 6.26 Å². The molecule has 0 radical (unpaired) electrons. The fourth-order valence-corrected chi connectivity index (χ4v) is 2.02. The normalized spacial score (nSPS) is 11.6. The number of hydrogen-bond acceptors (Lipinski definition) is 3. The van der Waals surface area contributed by atoms with Gasteiger partial charge in [-0.2, -0.15) is 18.3 Å². The Hall–Kier alpha value is -1.76. The van der Waals surface area contributed by atoms with Crippen LogP contribution in [0.4, 0.5) is 13.2 Å². The van der Waals surface area contributed by atoms with Crippen molar-refractivity contribution in [2.75, 3.05) is 6.26 Å².